The van der Waals surface area contributed by atoms with Crippen molar-refractivity contribution in [1.82, 2.24) is 0 Å². The molecule has 0 heterocycles. The zero-order valence-electron chi connectivity index (χ0n) is 11.0. The summed E-state index contributed by atoms with van der Waals surface area (Å²) in [4.78, 5) is 0. The van der Waals surface area contributed by atoms with Crippen molar-refractivity contribution in [1.29, 1.82) is 0 Å². The average Bonchev–Trinajstić information content (AvgIpc) is 2.45. The van der Waals surface area contributed by atoms with Crippen molar-refractivity contribution < 1.29 is 17.9 Å². The van der Waals surface area contributed by atoms with Crippen molar-refractivity contribution >= 4 is 27.5 Å². The van der Waals surface area contributed by atoms with Crippen molar-refractivity contribution in [3.8, 4) is 5.75 Å². The van der Waals surface area contributed by atoms with E-state index in [4.69, 9.17) is 16.3 Å². The summed E-state index contributed by atoms with van der Waals surface area (Å²) in [6, 6.07) is 6.34. The molecular weight excluding hydrogens is 369 g/mol. The molecule has 0 aliphatic heterocycles. The molecule has 0 saturated carbocycles. The normalized spacial score (nSPS) is 12.3. The van der Waals surface area contributed by atoms with Gasteiger partial charge in [0.15, 0.2) is 11.6 Å². The minimum Gasteiger partial charge on any atom is -0.496 e. The van der Waals surface area contributed by atoms with Gasteiger partial charge in [-0.15, -0.1) is 11.6 Å². The van der Waals surface area contributed by atoms with Crippen LogP contribution in [0.25, 0.3) is 0 Å². The zero-order valence-corrected chi connectivity index (χ0v) is 13.3. The largest absolute Gasteiger partial charge is 0.496 e. The topological polar surface area (TPSA) is 9.23 Å². The van der Waals surface area contributed by atoms with E-state index in [2.05, 4.69) is 15.9 Å². The Morgan fingerprint density at radius 2 is 1.81 bits per heavy atom. The van der Waals surface area contributed by atoms with Crippen LogP contribution < -0.4 is 4.74 Å². The molecule has 112 valence electrons. The summed E-state index contributed by atoms with van der Waals surface area (Å²) < 4.78 is 44.9. The molecule has 1 nitrogen and oxygen atoms in total. The predicted molar refractivity (Wildman–Crippen MR) is 79.3 cm³/mol. The number of hydrogen-bond donors (Lipinski definition) is 0. The molecule has 2 rings (SSSR count). The average molecular weight is 380 g/mol. The van der Waals surface area contributed by atoms with E-state index < -0.39 is 22.8 Å². The Bertz CT molecular complexity index is 664. The molecule has 0 spiro atoms. The van der Waals surface area contributed by atoms with Crippen LogP contribution in [0.1, 0.15) is 16.5 Å². The Morgan fingerprint density at radius 1 is 1.10 bits per heavy atom. The van der Waals surface area contributed by atoms with Gasteiger partial charge in [-0.1, -0.05) is 6.07 Å². The molecule has 0 amide bonds. The van der Waals surface area contributed by atoms with Gasteiger partial charge in [-0.3, -0.25) is 0 Å². The van der Waals surface area contributed by atoms with Gasteiger partial charge in [0.05, 0.1) is 17.0 Å². The summed E-state index contributed by atoms with van der Waals surface area (Å²) in [5.41, 5.74) is 1.11. The molecule has 1 unspecified atom stereocenters. The monoisotopic (exact) mass is 378 g/mol. The molecule has 0 N–H and O–H groups in total. The van der Waals surface area contributed by atoms with Gasteiger partial charge < -0.3 is 4.74 Å². The highest BCUT2D eigenvalue weighted by atomic mass is 79.9. The Balaban J connectivity index is 2.29. The Hall–Kier alpha value is -1.20. The van der Waals surface area contributed by atoms with Crippen LogP contribution in [0.4, 0.5) is 13.2 Å². The molecule has 21 heavy (non-hydrogen) atoms. The highest BCUT2D eigenvalue weighted by Gasteiger charge is 2.18. The molecule has 0 aliphatic carbocycles. The van der Waals surface area contributed by atoms with Crippen molar-refractivity contribution in [2.75, 3.05) is 7.11 Å². The second-order valence-corrected chi connectivity index (χ2v) is 5.81. The Morgan fingerprint density at radius 3 is 2.43 bits per heavy atom. The van der Waals surface area contributed by atoms with Crippen molar-refractivity contribution in [3.05, 3.63) is 63.4 Å². The first kappa shape index (κ1) is 16.2. The molecule has 0 bridgehead atoms. The molecule has 6 heteroatoms. The van der Waals surface area contributed by atoms with Crippen LogP contribution in [0, 0.1) is 17.5 Å². The maximum atomic E-state index is 13.5. The van der Waals surface area contributed by atoms with E-state index in [1.54, 1.807) is 0 Å². The number of halogens is 5. The lowest BCUT2D eigenvalue weighted by molar-refractivity contribution is 0.405. The van der Waals surface area contributed by atoms with Crippen LogP contribution >= 0.6 is 27.5 Å². The van der Waals surface area contributed by atoms with E-state index in [-0.39, 0.29) is 10.9 Å². The second-order valence-electron chi connectivity index (χ2n) is 4.43. The first-order chi connectivity index (χ1) is 9.92. The summed E-state index contributed by atoms with van der Waals surface area (Å²) in [6.07, 6.45) is 0.257. The molecule has 2 aromatic rings. The first-order valence-electron chi connectivity index (χ1n) is 6.03. The fourth-order valence-electron chi connectivity index (χ4n) is 1.95. The number of alkyl halides is 1. The lowest BCUT2D eigenvalue weighted by atomic mass is 10.0. The van der Waals surface area contributed by atoms with Gasteiger partial charge in [0.1, 0.15) is 11.6 Å². The maximum Gasteiger partial charge on any atom is 0.159 e. The third-order valence-corrected chi connectivity index (χ3v) is 4.01. The van der Waals surface area contributed by atoms with E-state index in [9.17, 15) is 13.2 Å². The molecule has 1 atom stereocenters. The predicted octanol–water partition coefficient (Wildman–Crippen LogP) is 5.40. The van der Waals surface area contributed by atoms with E-state index in [1.807, 2.05) is 0 Å². The smallest absolute Gasteiger partial charge is 0.159 e. The fourth-order valence-corrected chi connectivity index (χ4v) is 2.66. The summed E-state index contributed by atoms with van der Waals surface area (Å²) in [6.45, 7) is 0. The van der Waals surface area contributed by atoms with Gasteiger partial charge in [-0.05, 0) is 46.1 Å². The number of hydrogen-bond acceptors (Lipinski definition) is 1. The third kappa shape index (κ3) is 3.71. The fraction of sp³-hybridized carbons (Fsp3) is 0.200. The summed E-state index contributed by atoms with van der Waals surface area (Å²) >= 11 is 9.39. The Labute approximate surface area is 133 Å². The minimum absolute atomic E-state index is 0.257. The number of benzene rings is 2. The number of rotatable bonds is 4. The van der Waals surface area contributed by atoms with E-state index >= 15 is 0 Å². The van der Waals surface area contributed by atoms with E-state index in [1.165, 1.54) is 25.3 Å². The van der Waals surface area contributed by atoms with E-state index in [0.29, 0.717) is 16.9 Å². The molecule has 0 saturated heterocycles. The molecule has 0 aromatic heterocycles. The molecule has 0 radical (unpaired) electrons. The standard InChI is InChI=1S/C15H11BrClF3O/c1-21-15-7-13(19)10(16)6-9(15)11(17)4-8-2-3-12(18)14(20)5-8/h2-3,5-7,11H,4H2,1H3. The van der Waals surface area contributed by atoms with Crippen LogP contribution in [-0.4, -0.2) is 7.11 Å². The highest BCUT2D eigenvalue weighted by molar-refractivity contribution is 9.10. The molecule has 2 aromatic carbocycles. The first-order valence-corrected chi connectivity index (χ1v) is 7.26. The van der Waals surface area contributed by atoms with Crippen LogP contribution in [0.5, 0.6) is 5.75 Å². The van der Waals surface area contributed by atoms with Crippen molar-refractivity contribution in [2.45, 2.75) is 11.8 Å². The lowest BCUT2D eigenvalue weighted by Gasteiger charge is -2.15. The third-order valence-electron chi connectivity index (χ3n) is 3.01. The van der Waals surface area contributed by atoms with Crippen LogP contribution in [0.2, 0.25) is 0 Å². The number of ether oxygens (including phenoxy) is 1. The van der Waals surface area contributed by atoms with Crippen LogP contribution in [0.3, 0.4) is 0 Å². The van der Waals surface area contributed by atoms with Gasteiger partial charge in [-0.2, -0.15) is 0 Å². The summed E-state index contributed by atoms with van der Waals surface area (Å²) in [7, 11) is 1.41. The van der Waals surface area contributed by atoms with Crippen molar-refractivity contribution in [3.63, 3.8) is 0 Å². The quantitative estimate of drug-likeness (QED) is 0.647. The molecule has 0 aliphatic rings. The summed E-state index contributed by atoms with van der Waals surface area (Å²) in [5, 5.41) is -0.568. The number of methoxy groups -OCH3 is 1. The van der Waals surface area contributed by atoms with Crippen molar-refractivity contribution in [2.24, 2.45) is 0 Å². The van der Waals surface area contributed by atoms with Gasteiger partial charge in [0.2, 0.25) is 0 Å². The van der Waals surface area contributed by atoms with Crippen LogP contribution in [-0.2, 0) is 6.42 Å². The zero-order chi connectivity index (χ0) is 15.6. The SMILES string of the molecule is COc1cc(F)c(Br)cc1C(Cl)Cc1ccc(F)c(F)c1. The van der Waals surface area contributed by atoms with Gasteiger partial charge in [-0.25, -0.2) is 13.2 Å². The highest BCUT2D eigenvalue weighted by Crippen LogP contribution is 2.36. The van der Waals surface area contributed by atoms with Crippen LogP contribution in [0.15, 0.2) is 34.8 Å². The second kappa shape index (κ2) is 6.71. The lowest BCUT2D eigenvalue weighted by Crippen LogP contribution is -2.01. The van der Waals surface area contributed by atoms with Gasteiger partial charge in [0.25, 0.3) is 0 Å². The van der Waals surface area contributed by atoms with E-state index in [0.717, 1.165) is 12.1 Å². The maximum absolute atomic E-state index is 13.5. The molecular formula is C15H11BrClF3O. The van der Waals surface area contributed by atoms with Gasteiger partial charge in [0, 0.05) is 11.6 Å². The minimum atomic E-state index is -0.927. The summed E-state index contributed by atoms with van der Waals surface area (Å²) in [5.74, 6) is -2.00. The van der Waals surface area contributed by atoms with Gasteiger partial charge >= 0.3 is 0 Å². The Kier molecular flexibility index (Phi) is 5.17. The molecule has 0 fully saturated rings.